The van der Waals surface area contributed by atoms with Crippen molar-refractivity contribution in [2.75, 3.05) is 6.54 Å². The summed E-state index contributed by atoms with van der Waals surface area (Å²) in [4.78, 5) is 18.2. The highest BCUT2D eigenvalue weighted by atomic mass is 16.6. The topological polar surface area (TPSA) is 86.3 Å². The Morgan fingerprint density at radius 2 is 2.13 bits per heavy atom. The van der Waals surface area contributed by atoms with Crippen LogP contribution in [0.25, 0.3) is 11.6 Å². The van der Waals surface area contributed by atoms with Crippen molar-refractivity contribution in [3.8, 4) is 11.6 Å². The molecule has 8 nitrogen and oxygen atoms in total. The summed E-state index contributed by atoms with van der Waals surface area (Å²) in [7, 11) is 0. The summed E-state index contributed by atoms with van der Waals surface area (Å²) in [5, 5.41) is 8.29. The first-order valence-corrected chi connectivity index (χ1v) is 7.67. The van der Waals surface area contributed by atoms with Crippen molar-refractivity contribution in [2.45, 2.75) is 52.8 Å². The highest BCUT2D eigenvalue weighted by Crippen LogP contribution is 2.22. The molecule has 23 heavy (non-hydrogen) atoms. The van der Waals surface area contributed by atoms with E-state index in [1.807, 2.05) is 31.5 Å². The Kier molecular flexibility index (Phi) is 3.83. The third kappa shape index (κ3) is 3.52. The second-order valence-electron chi connectivity index (χ2n) is 6.65. The van der Waals surface area contributed by atoms with Crippen LogP contribution in [-0.2, 0) is 17.8 Å². The second kappa shape index (κ2) is 5.68. The second-order valence-corrected chi connectivity index (χ2v) is 6.65. The zero-order chi connectivity index (χ0) is 16.6. The zero-order valence-electron chi connectivity index (χ0n) is 13.9. The fourth-order valence-corrected chi connectivity index (χ4v) is 2.45. The minimum Gasteiger partial charge on any atom is -0.444 e. The lowest BCUT2D eigenvalue weighted by Crippen LogP contribution is -2.36. The van der Waals surface area contributed by atoms with Gasteiger partial charge in [-0.15, -0.1) is 0 Å². The van der Waals surface area contributed by atoms with Gasteiger partial charge in [-0.05, 0) is 40.2 Å². The smallest absolute Gasteiger partial charge is 0.410 e. The predicted octanol–water partition coefficient (Wildman–Crippen LogP) is 2.38. The Balaban J connectivity index is 1.80. The molecule has 1 amide bonds. The van der Waals surface area contributed by atoms with Gasteiger partial charge in [0.15, 0.2) is 11.5 Å². The van der Waals surface area contributed by atoms with Gasteiger partial charge in [0, 0.05) is 13.1 Å². The third-order valence-electron chi connectivity index (χ3n) is 3.41. The van der Waals surface area contributed by atoms with Crippen LogP contribution >= 0.6 is 0 Å². The molecule has 0 spiro atoms. The number of hydrogen-bond donors (Lipinski definition) is 0. The van der Waals surface area contributed by atoms with Crippen molar-refractivity contribution < 1.29 is 14.1 Å². The number of amides is 1. The summed E-state index contributed by atoms with van der Waals surface area (Å²) < 4.78 is 12.5. The van der Waals surface area contributed by atoms with E-state index in [0.29, 0.717) is 30.5 Å². The van der Waals surface area contributed by atoms with Crippen LogP contribution in [0.2, 0.25) is 0 Å². The van der Waals surface area contributed by atoms with Crippen molar-refractivity contribution in [3.05, 3.63) is 17.6 Å². The van der Waals surface area contributed by atoms with E-state index in [2.05, 4.69) is 15.2 Å². The number of carbonyl (C=O) groups excluding carboxylic acids is 1. The maximum Gasteiger partial charge on any atom is 0.410 e. The molecule has 3 rings (SSSR count). The summed E-state index contributed by atoms with van der Waals surface area (Å²) in [6, 6.07) is 1.88. The van der Waals surface area contributed by atoms with E-state index in [0.717, 1.165) is 18.7 Å². The summed E-state index contributed by atoms with van der Waals surface area (Å²) >= 11 is 0. The number of carbonyl (C=O) groups is 1. The number of hydrogen-bond acceptors (Lipinski definition) is 6. The molecule has 0 aromatic carbocycles. The van der Waals surface area contributed by atoms with Crippen LogP contribution in [0.1, 0.15) is 38.7 Å². The largest absolute Gasteiger partial charge is 0.444 e. The van der Waals surface area contributed by atoms with Crippen molar-refractivity contribution in [2.24, 2.45) is 0 Å². The van der Waals surface area contributed by atoms with Crippen molar-refractivity contribution >= 4 is 6.09 Å². The lowest BCUT2D eigenvalue weighted by atomic mass is 10.2. The molecule has 8 heteroatoms. The maximum absolute atomic E-state index is 12.3. The average Bonchev–Trinajstić information content (AvgIpc) is 2.98. The Labute approximate surface area is 134 Å². The summed E-state index contributed by atoms with van der Waals surface area (Å²) in [5.41, 5.74) is 1.06. The first-order valence-electron chi connectivity index (χ1n) is 7.67. The predicted molar refractivity (Wildman–Crippen MR) is 81.5 cm³/mol. The van der Waals surface area contributed by atoms with E-state index in [9.17, 15) is 4.79 Å². The molecule has 0 N–H and O–H groups in total. The monoisotopic (exact) mass is 319 g/mol. The van der Waals surface area contributed by atoms with Crippen LogP contribution in [-0.4, -0.2) is 43.1 Å². The normalized spacial score (nSPS) is 15.2. The minimum absolute atomic E-state index is 0.303. The summed E-state index contributed by atoms with van der Waals surface area (Å²) in [6.45, 7) is 9.19. The molecule has 124 valence electrons. The summed E-state index contributed by atoms with van der Waals surface area (Å²) in [6.07, 6.45) is 0.512. The Hall–Kier alpha value is -2.38. The minimum atomic E-state index is -0.504. The van der Waals surface area contributed by atoms with Crippen LogP contribution in [0, 0.1) is 6.92 Å². The lowest BCUT2D eigenvalue weighted by Gasteiger charge is -2.26. The van der Waals surface area contributed by atoms with Gasteiger partial charge in [0.25, 0.3) is 5.89 Å². The average molecular weight is 319 g/mol. The fraction of sp³-hybridized carbons (Fsp3) is 0.600. The third-order valence-corrected chi connectivity index (χ3v) is 3.41. The number of ether oxygens (including phenoxy) is 1. The molecule has 0 saturated carbocycles. The number of aromatic nitrogens is 4. The molecular formula is C15H21N5O3. The van der Waals surface area contributed by atoms with Gasteiger partial charge in [0.05, 0.1) is 12.2 Å². The molecule has 0 saturated heterocycles. The molecule has 3 heterocycles. The molecule has 0 bridgehead atoms. The molecule has 2 aromatic rings. The highest BCUT2D eigenvalue weighted by molar-refractivity contribution is 5.68. The number of fused-ring (bicyclic) bond motifs is 1. The first-order chi connectivity index (χ1) is 10.8. The van der Waals surface area contributed by atoms with Gasteiger partial charge < -0.3 is 14.2 Å². The Bertz CT molecular complexity index is 713. The fourth-order valence-electron chi connectivity index (χ4n) is 2.45. The first kappa shape index (κ1) is 15.5. The molecule has 0 fully saturated rings. The number of aryl methyl sites for hydroxylation is 2. The molecule has 0 atom stereocenters. The van der Waals surface area contributed by atoms with Crippen LogP contribution in [0.5, 0.6) is 0 Å². The van der Waals surface area contributed by atoms with E-state index >= 15 is 0 Å². The molecule has 1 aliphatic heterocycles. The van der Waals surface area contributed by atoms with Gasteiger partial charge in [0.2, 0.25) is 0 Å². The Morgan fingerprint density at radius 1 is 1.35 bits per heavy atom. The van der Waals surface area contributed by atoms with Crippen molar-refractivity contribution in [1.29, 1.82) is 0 Å². The van der Waals surface area contributed by atoms with E-state index in [1.165, 1.54) is 0 Å². The molecule has 1 aliphatic rings. The SMILES string of the molecule is Cc1noc(-c2cc3n(n2)CCCN(C(=O)OC(C)(C)C)C3)n1. The molecule has 0 unspecified atom stereocenters. The van der Waals surface area contributed by atoms with Gasteiger partial charge in [-0.1, -0.05) is 5.16 Å². The highest BCUT2D eigenvalue weighted by Gasteiger charge is 2.26. The standard InChI is InChI=1S/C15H21N5O3/c1-10-16-13(23-18-10)12-8-11-9-19(6-5-7-20(11)17-12)14(21)22-15(2,3)4/h8H,5-7,9H2,1-4H3. The van der Waals surface area contributed by atoms with Gasteiger partial charge >= 0.3 is 6.09 Å². The van der Waals surface area contributed by atoms with E-state index in [-0.39, 0.29) is 6.09 Å². The van der Waals surface area contributed by atoms with Crippen molar-refractivity contribution in [1.82, 2.24) is 24.8 Å². The molecule has 2 aromatic heterocycles. The van der Waals surface area contributed by atoms with E-state index in [4.69, 9.17) is 9.26 Å². The summed E-state index contributed by atoms with van der Waals surface area (Å²) in [5.74, 6) is 0.963. The molecule has 0 aliphatic carbocycles. The Morgan fingerprint density at radius 3 is 2.78 bits per heavy atom. The number of rotatable bonds is 1. The number of nitrogens with zero attached hydrogens (tertiary/aromatic N) is 5. The van der Waals surface area contributed by atoms with E-state index in [1.54, 1.807) is 11.8 Å². The zero-order valence-corrected chi connectivity index (χ0v) is 13.9. The van der Waals surface area contributed by atoms with Crippen LogP contribution in [0.15, 0.2) is 10.6 Å². The van der Waals surface area contributed by atoms with Crippen LogP contribution < -0.4 is 0 Å². The van der Waals surface area contributed by atoms with Gasteiger partial charge in [-0.25, -0.2) is 4.79 Å². The van der Waals surface area contributed by atoms with Gasteiger partial charge in [-0.3, -0.25) is 4.68 Å². The van der Waals surface area contributed by atoms with E-state index < -0.39 is 5.60 Å². The van der Waals surface area contributed by atoms with Gasteiger partial charge in [-0.2, -0.15) is 10.1 Å². The van der Waals surface area contributed by atoms with Crippen molar-refractivity contribution in [3.63, 3.8) is 0 Å². The van der Waals surface area contributed by atoms with Crippen LogP contribution in [0.4, 0.5) is 4.79 Å². The lowest BCUT2D eigenvalue weighted by molar-refractivity contribution is 0.0236. The van der Waals surface area contributed by atoms with Gasteiger partial charge in [0.1, 0.15) is 5.60 Å². The quantitative estimate of drug-likeness (QED) is 0.802. The molecule has 0 radical (unpaired) electrons. The maximum atomic E-state index is 12.3. The molecular weight excluding hydrogens is 298 g/mol. The van der Waals surface area contributed by atoms with Crippen LogP contribution in [0.3, 0.4) is 0 Å².